The summed E-state index contributed by atoms with van der Waals surface area (Å²) in [6, 6.07) is 0. The summed E-state index contributed by atoms with van der Waals surface area (Å²) in [4.78, 5) is 14.3. The summed E-state index contributed by atoms with van der Waals surface area (Å²) in [7, 11) is 0. The predicted octanol–water partition coefficient (Wildman–Crippen LogP) is 0.00390. The van der Waals surface area contributed by atoms with Crippen molar-refractivity contribution in [1.29, 1.82) is 0 Å². The fourth-order valence-corrected chi connectivity index (χ4v) is 3.28. The summed E-state index contributed by atoms with van der Waals surface area (Å²) >= 11 is 0. The van der Waals surface area contributed by atoms with Crippen LogP contribution in [0.1, 0.15) is 19.3 Å². The van der Waals surface area contributed by atoms with E-state index in [4.69, 9.17) is 9.47 Å². The smallest absolute Gasteiger partial charge is 0.228 e. The Labute approximate surface area is 108 Å². The van der Waals surface area contributed by atoms with Gasteiger partial charge in [0.05, 0.1) is 31.3 Å². The molecule has 1 amide bonds. The molecule has 3 aliphatic rings. The summed E-state index contributed by atoms with van der Waals surface area (Å²) in [5, 5.41) is 3.35. The van der Waals surface area contributed by atoms with Crippen molar-refractivity contribution in [2.24, 2.45) is 5.92 Å². The molecule has 5 nitrogen and oxygen atoms in total. The van der Waals surface area contributed by atoms with Crippen LogP contribution < -0.4 is 5.32 Å². The van der Waals surface area contributed by atoms with Gasteiger partial charge in [-0.2, -0.15) is 0 Å². The molecule has 0 aromatic heterocycles. The highest BCUT2D eigenvalue weighted by atomic mass is 16.5. The summed E-state index contributed by atoms with van der Waals surface area (Å²) in [5.41, 5.74) is -0.0160. The Kier molecular flexibility index (Phi) is 3.54. The van der Waals surface area contributed by atoms with Crippen molar-refractivity contribution in [1.82, 2.24) is 10.2 Å². The summed E-state index contributed by atoms with van der Waals surface area (Å²) in [6.45, 7) is 5.46. The summed E-state index contributed by atoms with van der Waals surface area (Å²) < 4.78 is 11.3. The molecule has 0 bridgehead atoms. The number of ether oxygens (including phenoxy) is 2. The lowest BCUT2D eigenvalue weighted by molar-refractivity contribution is -0.139. The molecule has 0 unspecified atom stereocenters. The molecule has 3 aliphatic heterocycles. The Balaban J connectivity index is 1.59. The molecular formula is C13H22N2O3. The highest BCUT2D eigenvalue weighted by Crippen LogP contribution is 2.37. The number of carbonyl (C=O) groups is 1. The molecule has 0 aromatic rings. The van der Waals surface area contributed by atoms with Crippen LogP contribution in [0.3, 0.4) is 0 Å². The first-order chi connectivity index (χ1) is 8.79. The average molecular weight is 254 g/mol. The van der Waals surface area contributed by atoms with Gasteiger partial charge in [-0.3, -0.25) is 4.79 Å². The van der Waals surface area contributed by atoms with Crippen LogP contribution in [0.15, 0.2) is 0 Å². The normalized spacial score (nSPS) is 31.8. The van der Waals surface area contributed by atoms with Gasteiger partial charge in [-0.1, -0.05) is 0 Å². The van der Waals surface area contributed by atoms with Gasteiger partial charge in [-0.05, 0) is 32.4 Å². The molecule has 3 rings (SSSR count). The monoisotopic (exact) mass is 254 g/mol. The van der Waals surface area contributed by atoms with Crippen molar-refractivity contribution < 1.29 is 14.3 Å². The van der Waals surface area contributed by atoms with E-state index in [1.165, 1.54) is 0 Å². The van der Waals surface area contributed by atoms with Crippen LogP contribution in [0.5, 0.6) is 0 Å². The van der Waals surface area contributed by atoms with Crippen LogP contribution in [-0.2, 0) is 14.3 Å². The number of hydrogen-bond acceptors (Lipinski definition) is 4. The van der Waals surface area contributed by atoms with Gasteiger partial charge in [0.1, 0.15) is 0 Å². The topological polar surface area (TPSA) is 50.8 Å². The minimum Gasteiger partial charge on any atom is -0.378 e. The Morgan fingerprint density at radius 1 is 1.22 bits per heavy atom. The molecule has 102 valence electrons. The minimum atomic E-state index is -0.0160. The fraction of sp³-hybridized carbons (Fsp3) is 0.923. The zero-order chi connectivity index (χ0) is 12.4. The second-order valence-corrected chi connectivity index (χ2v) is 5.58. The van der Waals surface area contributed by atoms with E-state index >= 15 is 0 Å². The Morgan fingerprint density at radius 3 is 2.67 bits per heavy atom. The molecule has 0 aromatic carbocycles. The molecule has 1 spiro atoms. The van der Waals surface area contributed by atoms with Crippen molar-refractivity contribution in [2.45, 2.75) is 24.9 Å². The maximum atomic E-state index is 12.4. The lowest BCUT2D eigenvalue weighted by Gasteiger charge is -2.33. The van der Waals surface area contributed by atoms with E-state index in [0.717, 1.165) is 45.4 Å². The van der Waals surface area contributed by atoms with Gasteiger partial charge in [-0.15, -0.1) is 0 Å². The second-order valence-electron chi connectivity index (χ2n) is 5.58. The van der Waals surface area contributed by atoms with E-state index in [0.29, 0.717) is 19.8 Å². The first-order valence-electron chi connectivity index (χ1n) is 7.00. The number of morpholine rings is 1. The fourth-order valence-electron chi connectivity index (χ4n) is 3.28. The number of rotatable bonds is 1. The van der Waals surface area contributed by atoms with Crippen LogP contribution in [0.25, 0.3) is 0 Å². The van der Waals surface area contributed by atoms with Crippen molar-refractivity contribution in [3.63, 3.8) is 0 Å². The van der Waals surface area contributed by atoms with Crippen molar-refractivity contribution in [3.05, 3.63) is 0 Å². The molecule has 5 heteroatoms. The molecule has 1 N–H and O–H groups in total. The molecule has 1 atom stereocenters. The number of nitrogens with one attached hydrogen (secondary N) is 1. The van der Waals surface area contributed by atoms with Gasteiger partial charge in [0.25, 0.3) is 0 Å². The molecule has 0 radical (unpaired) electrons. The predicted molar refractivity (Wildman–Crippen MR) is 66.3 cm³/mol. The highest BCUT2D eigenvalue weighted by molar-refractivity contribution is 5.79. The third kappa shape index (κ3) is 2.39. The maximum Gasteiger partial charge on any atom is 0.228 e. The van der Waals surface area contributed by atoms with Gasteiger partial charge in [0.2, 0.25) is 5.91 Å². The summed E-state index contributed by atoms with van der Waals surface area (Å²) in [5.74, 6) is 0.343. The van der Waals surface area contributed by atoms with Crippen molar-refractivity contribution in [3.8, 4) is 0 Å². The SMILES string of the molecule is O=C([C@H]1COC2(CCNCC2)C1)N1CCOCC1. The van der Waals surface area contributed by atoms with E-state index in [1.54, 1.807) is 0 Å². The third-order valence-corrected chi connectivity index (χ3v) is 4.40. The molecule has 3 fully saturated rings. The molecule has 0 aliphatic carbocycles. The Bertz CT molecular complexity index is 309. The number of carbonyl (C=O) groups excluding carboxylic acids is 1. The maximum absolute atomic E-state index is 12.4. The number of amides is 1. The van der Waals surface area contributed by atoms with Crippen molar-refractivity contribution >= 4 is 5.91 Å². The van der Waals surface area contributed by atoms with Gasteiger partial charge < -0.3 is 19.7 Å². The number of piperidine rings is 1. The van der Waals surface area contributed by atoms with E-state index in [2.05, 4.69) is 5.32 Å². The largest absolute Gasteiger partial charge is 0.378 e. The van der Waals surface area contributed by atoms with Crippen LogP contribution >= 0.6 is 0 Å². The average Bonchev–Trinajstić information content (AvgIpc) is 2.83. The third-order valence-electron chi connectivity index (χ3n) is 4.40. The Hall–Kier alpha value is -0.650. The zero-order valence-corrected chi connectivity index (χ0v) is 10.8. The van der Waals surface area contributed by atoms with Gasteiger partial charge in [0.15, 0.2) is 0 Å². The van der Waals surface area contributed by atoms with Gasteiger partial charge >= 0.3 is 0 Å². The lowest BCUT2D eigenvalue weighted by Crippen LogP contribution is -2.45. The molecule has 3 heterocycles. The van der Waals surface area contributed by atoms with E-state index in [-0.39, 0.29) is 17.4 Å². The quantitative estimate of drug-likeness (QED) is 0.716. The van der Waals surface area contributed by atoms with E-state index < -0.39 is 0 Å². The molecule has 18 heavy (non-hydrogen) atoms. The lowest BCUT2D eigenvalue weighted by atomic mass is 9.85. The number of hydrogen-bond donors (Lipinski definition) is 1. The van der Waals surface area contributed by atoms with Crippen LogP contribution in [0.4, 0.5) is 0 Å². The van der Waals surface area contributed by atoms with Crippen molar-refractivity contribution in [2.75, 3.05) is 46.0 Å². The first-order valence-corrected chi connectivity index (χ1v) is 7.00. The molecular weight excluding hydrogens is 232 g/mol. The summed E-state index contributed by atoms with van der Waals surface area (Å²) in [6.07, 6.45) is 2.99. The molecule has 0 saturated carbocycles. The number of nitrogens with zero attached hydrogens (tertiary/aromatic N) is 1. The van der Waals surface area contributed by atoms with Gasteiger partial charge in [-0.25, -0.2) is 0 Å². The first kappa shape index (κ1) is 12.4. The zero-order valence-electron chi connectivity index (χ0n) is 10.8. The highest BCUT2D eigenvalue weighted by Gasteiger charge is 2.44. The van der Waals surface area contributed by atoms with Crippen LogP contribution in [0.2, 0.25) is 0 Å². The van der Waals surface area contributed by atoms with E-state index in [1.807, 2.05) is 4.90 Å². The Morgan fingerprint density at radius 2 is 1.94 bits per heavy atom. The minimum absolute atomic E-state index is 0.0160. The van der Waals surface area contributed by atoms with Crippen LogP contribution in [0, 0.1) is 5.92 Å². The van der Waals surface area contributed by atoms with Gasteiger partial charge in [0, 0.05) is 13.1 Å². The van der Waals surface area contributed by atoms with E-state index in [9.17, 15) is 4.79 Å². The standard InChI is InChI=1S/C13H22N2O3/c16-12(15-5-7-17-8-6-15)11-9-13(18-10-11)1-3-14-4-2-13/h11,14H,1-10H2/t11-/m1/s1. The van der Waals surface area contributed by atoms with Crippen LogP contribution in [-0.4, -0.2) is 62.4 Å². The molecule has 3 saturated heterocycles. The second kappa shape index (κ2) is 5.15.